The number of ether oxygens (including phenoxy) is 1. The Morgan fingerprint density at radius 3 is 1.79 bits per heavy atom. The molecule has 0 saturated carbocycles. The van der Waals surface area contributed by atoms with E-state index in [1.54, 1.807) is 0 Å². The van der Waals surface area contributed by atoms with E-state index in [1.807, 2.05) is 0 Å². The van der Waals surface area contributed by atoms with E-state index >= 15 is 0 Å². The fraction of sp³-hybridized carbons (Fsp3) is 1.00. The molecule has 1 saturated heterocycles. The summed E-state index contributed by atoms with van der Waals surface area (Å²) in [6.45, 7) is 5.44. The van der Waals surface area contributed by atoms with Crippen LogP contribution in [0.1, 0.15) is 65.2 Å². The maximum Gasteiger partial charge on any atom is 0.173 e. The number of rotatable bonds is 12. The van der Waals surface area contributed by atoms with Crippen LogP contribution in [0.25, 0.3) is 0 Å². The number of unbranched alkanes of at least 4 members (excludes halogenated alkanes) is 6. The Labute approximate surface area is 146 Å². The Morgan fingerprint density at radius 1 is 0.792 bits per heavy atom. The van der Waals surface area contributed by atoms with E-state index in [9.17, 15) is 20.4 Å². The molecular weight excluding hydrogens is 310 g/mol. The smallest absolute Gasteiger partial charge is 0.173 e. The molecule has 0 aliphatic carbocycles. The largest absolute Gasteiger partial charge is 0.394 e. The minimum atomic E-state index is -1.20. The summed E-state index contributed by atoms with van der Waals surface area (Å²) < 4.78 is 5.32. The van der Waals surface area contributed by atoms with Crippen molar-refractivity contribution in [3.63, 3.8) is 0 Å². The maximum absolute atomic E-state index is 10.4. The summed E-state index contributed by atoms with van der Waals surface area (Å²) in [6, 6.07) is -0.647. The first kappa shape index (κ1) is 21.8. The van der Waals surface area contributed by atoms with E-state index in [0.29, 0.717) is 0 Å². The van der Waals surface area contributed by atoms with Crippen molar-refractivity contribution < 1.29 is 25.2 Å². The first-order valence-electron chi connectivity index (χ1n) is 9.61. The fourth-order valence-electron chi connectivity index (χ4n) is 3.37. The van der Waals surface area contributed by atoms with Crippen molar-refractivity contribution in [2.45, 2.75) is 95.9 Å². The normalized spacial score (nSPS) is 30.9. The average molecular weight is 347 g/mol. The minimum Gasteiger partial charge on any atom is -0.394 e. The van der Waals surface area contributed by atoms with Gasteiger partial charge in [-0.1, -0.05) is 52.4 Å². The van der Waals surface area contributed by atoms with Crippen molar-refractivity contribution in [3.05, 3.63) is 0 Å². The van der Waals surface area contributed by atoms with Gasteiger partial charge < -0.3 is 25.2 Å². The van der Waals surface area contributed by atoms with Crippen LogP contribution in [0.15, 0.2) is 0 Å². The Kier molecular flexibility index (Phi) is 11.1. The van der Waals surface area contributed by atoms with Gasteiger partial charge in [0.2, 0.25) is 0 Å². The summed E-state index contributed by atoms with van der Waals surface area (Å²) in [5.41, 5.74) is 0. The van der Waals surface area contributed by atoms with E-state index in [-0.39, 0.29) is 0 Å². The maximum atomic E-state index is 10.4. The van der Waals surface area contributed by atoms with Gasteiger partial charge in [0.15, 0.2) is 6.29 Å². The van der Waals surface area contributed by atoms with Crippen molar-refractivity contribution in [2.75, 3.05) is 19.7 Å². The molecule has 0 aromatic rings. The number of aliphatic hydroxyl groups excluding tert-OH is 4. The van der Waals surface area contributed by atoms with Crippen molar-refractivity contribution in [1.29, 1.82) is 0 Å². The third-order valence-electron chi connectivity index (χ3n) is 4.89. The topological polar surface area (TPSA) is 93.4 Å². The predicted molar refractivity (Wildman–Crippen MR) is 93.6 cm³/mol. The number of hydrogen-bond acceptors (Lipinski definition) is 6. The lowest BCUT2D eigenvalue weighted by Crippen LogP contribution is -2.64. The summed E-state index contributed by atoms with van der Waals surface area (Å²) in [5, 5.41) is 40.1. The van der Waals surface area contributed by atoms with Gasteiger partial charge in [-0.05, 0) is 25.9 Å². The van der Waals surface area contributed by atoms with Crippen molar-refractivity contribution >= 4 is 0 Å². The van der Waals surface area contributed by atoms with Crippen LogP contribution in [0, 0.1) is 0 Å². The first-order valence-corrected chi connectivity index (χ1v) is 9.61. The molecule has 1 aliphatic rings. The molecule has 6 nitrogen and oxygen atoms in total. The van der Waals surface area contributed by atoms with Crippen molar-refractivity contribution in [1.82, 2.24) is 4.90 Å². The summed E-state index contributed by atoms with van der Waals surface area (Å²) >= 11 is 0. The van der Waals surface area contributed by atoms with Gasteiger partial charge in [0.1, 0.15) is 18.3 Å². The van der Waals surface area contributed by atoms with Crippen LogP contribution in [-0.2, 0) is 4.74 Å². The standard InChI is InChI=1S/C18H37NO5/c1-3-5-7-9-11-19(12-10-8-6-4-2)15-17(22)16(21)14(13-20)24-18(15)23/h14-18,20-23H,3-13H2,1-2H3/t14-,15-,16-,17-,18?/m1/s1. The van der Waals surface area contributed by atoms with Crippen LogP contribution in [0.5, 0.6) is 0 Å². The fourth-order valence-corrected chi connectivity index (χ4v) is 3.37. The van der Waals surface area contributed by atoms with Crippen LogP contribution in [0.2, 0.25) is 0 Å². The molecule has 0 amide bonds. The van der Waals surface area contributed by atoms with Gasteiger partial charge in [0.05, 0.1) is 12.6 Å². The van der Waals surface area contributed by atoms with E-state index in [4.69, 9.17) is 4.74 Å². The molecule has 0 spiro atoms. The van der Waals surface area contributed by atoms with Crippen molar-refractivity contribution in [2.24, 2.45) is 0 Å². The van der Waals surface area contributed by atoms with E-state index < -0.39 is 37.3 Å². The Hall–Kier alpha value is -0.240. The molecule has 5 atom stereocenters. The molecule has 4 N–H and O–H groups in total. The zero-order valence-corrected chi connectivity index (χ0v) is 15.3. The van der Waals surface area contributed by atoms with Gasteiger partial charge >= 0.3 is 0 Å². The molecule has 1 heterocycles. The van der Waals surface area contributed by atoms with Gasteiger partial charge in [-0.2, -0.15) is 0 Å². The lowest BCUT2D eigenvalue weighted by Gasteiger charge is -2.45. The predicted octanol–water partition coefficient (Wildman–Crippen LogP) is 1.25. The van der Waals surface area contributed by atoms with E-state index in [1.165, 1.54) is 12.8 Å². The summed E-state index contributed by atoms with van der Waals surface area (Å²) in [7, 11) is 0. The second kappa shape index (κ2) is 12.2. The lowest BCUT2D eigenvalue weighted by atomic mass is 9.95. The van der Waals surface area contributed by atoms with Crippen molar-refractivity contribution in [3.8, 4) is 0 Å². The highest BCUT2D eigenvalue weighted by Crippen LogP contribution is 2.25. The van der Waals surface area contributed by atoms with Gasteiger partial charge in [-0.15, -0.1) is 0 Å². The lowest BCUT2D eigenvalue weighted by molar-refractivity contribution is -0.272. The van der Waals surface area contributed by atoms with Crippen LogP contribution < -0.4 is 0 Å². The molecule has 0 aromatic carbocycles. The molecular formula is C18H37NO5. The van der Waals surface area contributed by atoms with Gasteiger partial charge in [-0.25, -0.2) is 0 Å². The molecule has 144 valence electrons. The SMILES string of the molecule is CCCCCCN(CCCCCC)[C@H]1C(O)O[C@H](CO)[C@@H](O)[C@@H]1O. The zero-order valence-electron chi connectivity index (χ0n) is 15.3. The highest BCUT2D eigenvalue weighted by Gasteiger charge is 2.45. The molecule has 1 unspecified atom stereocenters. The Balaban J connectivity index is 2.67. The molecule has 24 heavy (non-hydrogen) atoms. The molecule has 0 radical (unpaired) electrons. The molecule has 1 fully saturated rings. The third-order valence-corrected chi connectivity index (χ3v) is 4.89. The summed E-state index contributed by atoms with van der Waals surface area (Å²) in [5.74, 6) is 0. The van der Waals surface area contributed by atoms with Gasteiger partial charge in [0.25, 0.3) is 0 Å². The van der Waals surface area contributed by atoms with Crippen LogP contribution in [0.4, 0.5) is 0 Å². The molecule has 0 bridgehead atoms. The van der Waals surface area contributed by atoms with E-state index in [2.05, 4.69) is 18.7 Å². The van der Waals surface area contributed by atoms with E-state index in [0.717, 1.165) is 51.6 Å². The number of aliphatic hydroxyl groups is 4. The second-order valence-corrected chi connectivity index (χ2v) is 6.88. The zero-order chi connectivity index (χ0) is 17.9. The van der Waals surface area contributed by atoms with Crippen LogP contribution in [0.3, 0.4) is 0 Å². The monoisotopic (exact) mass is 347 g/mol. The van der Waals surface area contributed by atoms with Gasteiger partial charge in [0, 0.05) is 0 Å². The first-order chi connectivity index (χ1) is 11.6. The highest BCUT2D eigenvalue weighted by molar-refractivity contribution is 4.94. The summed E-state index contributed by atoms with van der Waals surface area (Å²) in [4.78, 5) is 2.05. The summed E-state index contributed by atoms with van der Waals surface area (Å²) in [6.07, 6.45) is 4.44. The quantitative estimate of drug-likeness (QED) is 0.397. The molecule has 6 heteroatoms. The molecule has 1 rings (SSSR count). The van der Waals surface area contributed by atoms with Crippen LogP contribution in [-0.4, -0.2) is 75.7 Å². The molecule has 0 aromatic heterocycles. The second-order valence-electron chi connectivity index (χ2n) is 6.88. The number of hydrogen-bond donors (Lipinski definition) is 4. The Morgan fingerprint density at radius 2 is 1.33 bits per heavy atom. The molecule has 1 aliphatic heterocycles. The number of nitrogens with zero attached hydrogens (tertiary/aromatic N) is 1. The average Bonchev–Trinajstić information content (AvgIpc) is 2.58. The van der Waals surface area contributed by atoms with Crippen LogP contribution >= 0.6 is 0 Å². The van der Waals surface area contributed by atoms with Gasteiger partial charge in [-0.3, -0.25) is 4.90 Å². The minimum absolute atomic E-state index is 0.422. The third kappa shape index (κ3) is 6.58. The highest BCUT2D eigenvalue weighted by atomic mass is 16.6. The Bertz CT molecular complexity index is 306.